The molecule has 0 bridgehead atoms. The SMILES string of the molecule is NC(Cc1ccc(O)cc1)C(=O)NC(CCC(=O)O)C(=O)NC(CCC(=O)O)C(=O)NC(Cc1cnc[nH]1)C(=O)O. The van der Waals surface area contributed by atoms with E-state index in [-0.39, 0.29) is 25.0 Å². The van der Waals surface area contributed by atoms with Gasteiger partial charge in [0.1, 0.15) is 23.9 Å². The van der Waals surface area contributed by atoms with Gasteiger partial charge in [-0.2, -0.15) is 0 Å². The van der Waals surface area contributed by atoms with Crippen molar-refractivity contribution in [2.75, 3.05) is 0 Å². The zero-order valence-corrected chi connectivity index (χ0v) is 21.8. The smallest absolute Gasteiger partial charge is 0.326 e. The number of aliphatic carboxylic acids is 3. The van der Waals surface area contributed by atoms with Crippen LogP contribution in [0.25, 0.3) is 0 Å². The lowest BCUT2D eigenvalue weighted by molar-refractivity contribution is -0.143. The van der Waals surface area contributed by atoms with Gasteiger partial charge in [0, 0.05) is 31.2 Å². The number of hydrogen-bond donors (Lipinski definition) is 9. The molecule has 0 aliphatic carbocycles. The van der Waals surface area contributed by atoms with Crippen LogP contribution >= 0.6 is 0 Å². The number of phenols is 1. The summed E-state index contributed by atoms with van der Waals surface area (Å²) in [7, 11) is 0. The van der Waals surface area contributed by atoms with Crippen LogP contribution in [0.4, 0.5) is 0 Å². The number of nitrogens with two attached hydrogens (primary N) is 1. The number of carboxylic acids is 3. The molecule has 0 spiro atoms. The van der Waals surface area contributed by atoms with Crippen molar-refractivity contribution in [2.45, 2.75) is 62.7 Å². The third kappa shape index (κ3) is 11.3. The minimum Gasteiger partial charge on any atom is -0.508 e. The maximum Gasteiger partial charge on any atom is 0.326 e. The summed E-state index contributed by atoms with van der Waals surface area (Å²) >= 11 is 0. The topological polar surface area (TPSA) is 274 Å². The maximum absolute atomic E-state index is 13.1. The number of phenolic OH excluding ortho intramolecular Hbond substituents is 1. The van der Waals surface area contributed by atoms with E-state index in [0.29, 0.717) is 11.3 Å². The van der Waals surface area contributed by atoms with Gasteiger partial charge in [0.15, 0.2) is 0 Å². The number of aromatic amines is 1. The second kappa shape index (κ2) is 15.6. The van der Waals surface area contributed by atoms with E-state index in [2.05, 4.69) is 25.9 Å². The number of carboxylic acid groups (broad SMARTS) is 3. The number of aromatic hydroxyl groups is 1. The van der Waals surface area contributed by atoms with E-state index in [1.807, 2.05) is 0 Å². The zero-order chi connectivity index (χ0) is 30.5. The highest BCUT2D eigenvalue weighted by Crippen LogP contribution is 2.11. The summed E-state index contributed by atoms with van der Waals surface area (Å²) < 4.78 is 0. The van der Waals surface area contributed by atoms with E-state index in [1.165, 1.54) is 24.7 Å². The van der Waals surface area contributed by atoms with Crippen molar-refractivity contribution in [3.05, 3.63) is 48.0 Å². The lowest BCUT2D eigenvalue weighted by Crippen LogP contribution is -2.57. The van der Waals surface area contributed by atoms with Crippen LogP contribution in [-0.4, -0.2) is 90.2 Å². The van der Waals surface area contributed by atoms with Crippen LogP contribution in [0.1, 0.15) is 36.9 Å². The first-order valence-electron chi connectivity index (χ1n) is 12.4. The monoisotopic (exact) mass is 576 g/mol. The Kier molecular flexibility index (Phi) is 12.2. The number of carbonyl (C=O) groups is 6. The number of benzene rings is 1. The number of hydrogen-bond acceptors (Lipinski definition) is 9. The number of nitrogens with zero attached hydrogens (tertiary/aromatic N) is 1. The number of carbonyl (C=O) groups excluding carboxylic acids is 3. The van der Waals surface area contributed by atoms with Crippen molar-refractivity contribution in [1.29, 1.82) is 0 Å². The van der Waals surface area contributed by atoms with Gasteiger partial charge in [0.2, 0.25) is 17.7 Å². The van der Waals surface area contributed by atoms with E-state index in [9.17, 15) is 39.0 Å². The van der Waals surface area contributed by atoms with Crippen molar-refractivity contribution in [2.24, 2.45) is 5.73 Å². The predicted octanol–water partition coefficient (Wildman–Crippen LogP) is -1.50. The molecule has 41 heavy (non-hydrogen) atoms. The molecule has 1 aromatic heterocycles. The molecule has 1 aromatic carbocycles. The number of rotatable bonds is 17. The van der Waals surface area contributed by atoms with Gasteiger partial charge in [-0.15, -0.1) is 0 Å². The van der Waals surface area contributed by atoms with Gasteiger partial charge in [0.25, 0.3) is 0 Å². The fourth-order valence-electron chi connectivity index (χ4n) is 3.69. The van der Waals surface area contributed by atoms with Crippen molar-refractivity contribution < 1.29 is 49.2 Å². The molecule has 2 aromatic rings. The Morgan fingerprint density at radius 1 is 0.780 bits per heavy atom. The first kappa shape index (κ1) is 32.2. The summed E-state index contributed by atoms with van der Waals surface area (Å²) in [6.45, 7) is 0. The average Bonchev–Trinajstić information content (AvgIpc) is 3.42. The van der Waals surface area contributed by atoms with Crippen LogP contribution in [0, 0.1) is 0 Å². The first-order valence-corrected chi connectivity index (χ1v) is 12.4. The summed E-state index contributed by atoms with van der Waals surface area (Å²) in [5, 5.41) is 44.0. The number of aromatic nitrogens is 2. The molecule has 16 heteroatoms. The van der Waals surface area contributed by atoms with Crippen LogP contribution in [0.2, 0.25) is 0 Å². The van der Waals surface area contributed by atoms with Crippen LogP contribution in [0.15, 0.2) is 36.8 Å². The largest absolute Gasteiger partial charge is 0.508 e. The highest BCUT2D eigenvalue weighted by atomic mass is 16.4. The van der Waals surface area contributed by atoms with Gasteiger partial charge in [-0.3, -0.25) is 24.0 Å². The summed E-state index contributed by atoms with van der Waals surface area (Å²) in [4.78, 5) is 79.3. The van der Waals surface area contributed by atoms with Gasteiger partial charge in [-0.25, -0.2) is 9.78 Å². The zero-order valence-electron chi connectivity index (χ0n) is 21.8. The molecule has 4 atom stereocenters. The molecule has 0 radical (unpaired) electrons. The molecule has 0 aliphatic rings. The minimum absolute atomic E-state index is 0.00894. The highest BCUT2D eigenvalue weighted by molar-refractivity contribution is 5.94. The lowest BCUT2D eigenvalue weighted by atomic mass is 10.0. The Hall–Kier alpha value is -4.99. The quantitative estimate of drug-likeness (QED) is 0.104. The first-order chi connectivity index (χ1) is 19.3. The van der Waals surface area contributed by atoms with Crippen LogP contribution in [0.5, 0.6) is 5.75 Å². The summed E-state index contributed by atoms with van der Waals surface area (Å²) in [5.41, 5.74) is 6.94. The Morgan fingerprint density at radius 3 is 1.76 bits per heavy atom. The lowest BCUT2D eigenvalue weighted by Gasteiger charge is -2.25. The molecule has 0 saturated heterocycles. The van der Waals surface area contributed by atoms with Gasteiger partial charge < -0.3 is 47.1 Å². The van der Waals surface area contributed by atoms with E-state index >= 15 is 0 Å². The van der Waals surface area contributed by atoms with Crippen molar-refractivity contribution in [3.8, 4) is 5.75 Å². The van der Waals surface area contributed by atoms with Crippen LogP contribution in [-0.2, 0) is 41.6 Å². The highest BCUT2D eigenvalue weighted by Gasteiger charge is 2.31. The van der Waals surface area contributed by atoms with E-state index in [4.69, 9.17) is 15.9 Å². The Bertz CT molecular complexity index is 1220. The van der Waals surface area contributed by atoms with Gasteiger partial charge in [-0.1, -0.05) is 12.1 Å². The second-order valence-electron chi connectivity index (χ2n) is 9.14. The molecule has 10 N–H and O–H groups in total. The second-order valence-corrected chi connectivity index (χ2v) is 9.14. The third-order valence-electron chi connectivity index (χ3n) is 5.88. The molecule has 3 amide bonds. The van der Waals surface area contributed by atoms with Gasteiger partial charge in [-0.05, 0) is 37.0 Å². The standard InChI is InChI=1S/C25H32N6O10/c26-16(9-13-1-3-15(32)4-2-13)22(37)29-17(5-7-20(33)34)23(38)30-18(6-8-21(35)36)24(39)31-19(25(40)41)10-14-11-27-12-28-14/h1-4,11-12,16-19,32H,5-10,26H2,(H,27,28)(H,29,37)(H,30,38)(H,31,39)(H,33,34)(H,35,36)(H,40,41). The third-order valence-corrected chi connectivity index (χ3v) is 5.88. The van der Waals surface area contributed by atoms with E-state index in [1.54, 1.807) is 12.1 Å². The van der Waals surface area contributed by atoms with Gasteiger partial charge in [0.05, 0.1) is 12.4 Å². The number of nitrogens with one attached hydrogen (secondary N) is 4. The van der Waals surface area contributed by atoms with E-state index in [0.717, 1.165) is 0 Å². The molecular weight excluding hydrogens is 544 g/mol. The fraction of sp³-hybridized carbons (Fsp3) is 0.400. The summed E-state index contributed by atoms with van der Waals surface area (Å²) in [5.74, 6) is -6.75. The fourth-order valence-corrected chi connectivity index (χ4v) is 3.69. The van der Waals surface area contributed by atoms with Crippen molar-refractivity contribution in [1.82, 2.24) is 25.9 Å². The molecule has 1 heterocycles. The van der Waals surface area contributed by atoms with Crippen LogP contribution in [0.3, 0.4) is 0 Å². The summed E-state index contributed by atoms with van der Waals surface area (Å²) in [6.07, 6.45) is 0.588. The predicted molar refractivity (Wildman–Crippen MR) is 139 cm³/mol. The number of imidazole rings is 1. The summed E-state index contributed by atoms with van der Waals surface area (Å²) in [6, 6.07) is 0.267. The Morgan fingerprint density at radius 2 is 1.29 bits per heavy atom. The normalized spacial score (nSPS) is 13.7. The molecule has 4 unspecified atom stereocenters. The molecule has 222 valence electrons. The molecule has 0 aliphatic heterocycles. The Balaban J connectivity index is 2.15. The minimum atomic E-state index is -1.53. The van der Waals surface area contributed by atoms with Crippen molar-refractivity contribution in [3.63, 3.8) is 0 Å². The molecule has 16 nitrogen and oxygen atoms in total. The molecule has 0 fully saturated rings. The number of amides is 3. The molecular formula is C25H32N6O10. The van der Waals surface area contributed by atoms with E-state index < -0.39 is 79.1 Å². The van der Waals surface area contributed by atoms with Gasteiger partial charge >= 0.3 is 17.9 Å². The van der Waals surface area contributed by atoms with Crippen LogP contribution < -0.4 is 21.7 Å². The molecule has 2 rings (SSSR count). The van der Waals surface area contributed by atoms with Crippen molar-refractivity contribution >= 4 is 35.6 Å². The average molecular weight is 577 g/mol. The molecule has 0 saturated carbocycles. The maximum atomic E-state index is 13.1. The number of H-pyrrole nitrogens is 1. The Labute approximate surface area is 233 Å².